The lowest BCUT2D eigenvalue weighted by Crippen LogP contribution is -2.41. The average molecular weight is 379 g/mol. The van der Waals surface area contributed by atoms with Crippen LogP contribution in [-0.4, -0.2) is 26.0 Å². The largest absolute Gasteiger partial charge is 0.325 e. The van der Waals surface area contributed by atoms with E-state index in [1.54, 1.807) is 0 Å². The van der Waals surface area contributed by atoms with E-state index in [0.29, 0.717) is 5.16 Å². The third kappa shape index (κ3) is 3.30. The van der Waals surface area contributed by atoms with Gasteiger partial charge in [-0.15, -0.1) is 10.2 Å². The van der Waals surface area contributed by atoms with Crippen molar-refractivity contribution in [1.29, 1.82) is 0 Å². The van der Waals surface area contributed by atoms with E-state index in [9.17, 15) is 4.79 Å². The molecule has 0 aliphatic carbocycles. The van der Waals surface area contributed by atoms with Crippen molar-refractivity contribution < 1.29 is 4.79 Å². The first kappa shape index (κ1) is 17.6. The van der Waals surface area contributed by atoms with Crippen LogP contribution < -0.4 is 10.7 Å². The van der Waals surface area contributed by atoms with Gasteiger partial charge in [-0.05, 0) is 43.5 Å². The van der Waals surface area contributed by atoms with Gasteiger partial charge in [0, 0.05) is 5.69 Å². The zero-order valence-electron chi connectivity index (χ0n) is 15.4. The summed E-state index contributed by atoms with van der Waals surface area (Å²) in [5, 5.41) is 11.7. The van der Waals surface area contributed by atoms with Crippen molar-refractivity contribution in [1.82, 2.24) is 14.9 Å². The topological polar surface area (TPSA) is 71.8 Å². The van der Waals surface area contributed by atoms with Crippen LogP contribution in [0.1, 0.15) is 28.6 Å². The summed E-state index contributed by atoms with van der Waals surface area (Å²) in [6.45, 7) is 5.95. The Hall–Kier alpha value is -2.80. The van der Waals surface area contributed by atoms with Crippen molar-refractivity contribution in [2.24, 2.45) is 0 Å². The quantitative estimate of drug-likeness (QED) is 0.727. The molecule has 6 nitrogen and oxygen atoms in total. The van der Waals surface area contributed by atoms with E-state index in [4.69, 9.17) is 0 Å². The van der Waals surface area contributed by atoms with Crippen LogP contribution in [0.2, 0.25) is 0 Å². The summed E-state index contributed by atoms with van der Waals surface area (Å²) in [5.74, 6) is 0.716. The first-order valence-electron chi connectivity index (χ1n) is 8.82. The van der Waals surface area contributed by atoms with Crippen LogP contribution in [-0.2, 0) is 4.79 Å². The Morgan fingerprint density at radius 1 is 1.07 bits per heavy atom. The summed E-state index contributed by atoms with van der Waals surface area (Å²) < 4.78 is 1.85. The Labute approximate surface area is 162 Å². The second kappa shape index (κ2) is 7.08. The van der Waals surface area contributed by atoms with Crippen LogP contribution in [0.3, 0.4) is 0 Å². The number of hydrogen-bond acceptors (Lipinski definition) is 5. The van der Waals surface area contributed by atoms with Crippen LogP contribution in [0.15, 0.2) is 53.7 Å². The highest BCUT2D eigenvalue weighted by molar-refractivity contribution is 8.00. The van der Waals surface area contributed by atoms with E-state index in [1.165, 1.54) is 11.8 Å². The van der Waals surface area contributed by atoms with Gasteiger partial charge in [0.15, 0.2) is 0 Å². The lowest BCUT2D eigenvalue weighted by Gasteiger charge is -2.32. The van der Waals surface area contributed by atoms with Gasteiger partial charge < -0.3 is 10.7 Å². The predicted molar refractivity (Wildman–Crippen MR) is 107 cm³/mol. The minimum atomic E-state index is -0.372. The third-order valence-electron chi connectivity index (χ3n) is 4.88. The molecule has 1 aliphatic heterocycles. The Morgan fingerprint density at radius 3 is 2.63 bits per heavy atom. The Bertz CT molecular complexity index is 985. The fraction of sp³-hybridized carbons (Fsp3) is 0.250. The van der Waals surface area contributed by atoms with Crippen molar-refractivity contribution in [2.75, 3.05) is 10.7 Å². The number of rotatable bonds is 3. The number of benzene rings is 2. The van der Waals surface area contributed by atoms with E-state index in [-0.39, 0.29) is 17.2 Å². The molecule has 0 radical (unpaired) electrons. The molecule has 2 heterocycles. The van der Waals surface area contributed by atoms with E-state index >= 15 is 0 Å². The molecule has 3 aromatic rings. The van der Waals surface area contributed by atoms with Gasteiger partial charge in [0.1, 0.15) is 11.1 Å². The molecule has 2 aromatic carbocycles. The average Bonchev–Trinajstić information content (AvgIpc) is 3.05. The van der Waals surface area contributed by atoms with Gasteiger partial charge >= 0.3 is 0 Å². The summed E-state index contributed by atoms with van der Waals surface area (Å²) in [5.41, 5.74) is 7.53. The molecular formula is C20H21N5OS. The molecule has 1 amide bonds. The maximum absolute atomic E-state index is 13.2. The molecule has 0 spiro atoms. The number of carbonyl (C=O) groups is 1. The maximum atomic E-state index is 13.2. The summed E-state index contributed by atoms with van der Waals surface area (Å²) in [6, 6.07) is 15.7. The summed E-state index contributed by atoms with van der Waals surface area (Å²) in [4.78, 5) is 13.2. The summed E-state index contributed by atoms with van der Waals surface area (Å²) in [6.07, 6.45) is 0. The molecule has 2 N–H and O–H groups in total. The molecule has 0 saturated carbocycles. The van der Waals surface area contributed by atoms with E-state index < -0.39 is 0 Å². The molecule has 0 fully saturated rings. The Morgan fingerprint density at radius 2 is 1.85 bits per heavy atom. The molecule has 7 heteroatoms. The minimum absolute atomic E-state index is 0.0537. The first-order chi connectivity index (χ1) is 13.0. The van der Waals surface area contributed by atoms with Gasteiger partial charge in [0.25, 0.3) is 0 Å². The van der Waals surface area contributed by atoms with Gasteiger partial charge in [0.05, 0.1) is 6.04 Å². The second-order valence-electron chi connectivity index (χ2n) is 6.66. The van der Waals surface area contributed by atoms with Crippen molar-refractivity contribution in [2.45, 2.75) is 37.2 Å². The molecule has 0 unspecified atom stereocenters. The molecule has 2 atom stereocenters. The lowest BCUT2D eigenvalue weighted by atomic mass is 10.0. The SMILES string of the molecule is Cc1cccc(NC(=O)[C@@H]2Sc3nnc(C)n3N[C@H]2c2ccccc2)c1C. The van der Waals surface area contributed by atoms with Crippen molar-refractivity contribution in [3.8, 4) is 0 Å². The monoisotopic (exact) mass is 379 g/mol. The van der Waals surface area contributed by atoms with Crippen molar-refractivity contribution in [3.63, 3.8) is 0 Å². The first-order valence-corrected chi connectivity index (χ1v) is 9.70. The number of thioether (sulfide) groups is 1. The smallest absolute Gasteiger partial charge is 0.240 e. The highest BCUT2D eigenvalue weighted by Crippen LogP contribution is 2.37. The number of amides is 1. The highest BCUT2D eigenvalue weighted by atomic mass is 32.2. The Kier molecular flexibility index (Phi) is 4.61. The summed E-state index contributed by atoms with van der Waals surface area (Å²) >= 11 is 1.43. The van der Waals surface area contributed by atoms with E-state index in [0.717, 1.165) is 28.2 Å². The van der Waals surface area contributed by atoms with Gasteiger partial charge in [0.2, 0.25) is 11.1 Å². The zero-order valence-corrected chi connectivity index (χ0v) is 16.2. The lowest BCUT2D eigenvalue weighted by molar-refractivity contribution is -0.116. The van der Waals surface area contributed by atoms with Crippen LogP contribution in [0.5, 0.6) is 0 Å². The second-order valence-corrected chi connectivity index (χ2v) is 7.77. The fourth-order valence-electron chi connectivity index (χ4n) is 3.16. The standard InChI is InChI=1S/C20H21N5OS/c1-12-8-7-11-16(13(12)2)21-19(26)18-17(15-9-5-4-6-10-15)24-25-14(3)22-23-20(25)27-18/h4-11,17-18,24H,1-3H3,(H,21,26)/t17-,18+/m0/s1. The van der Waals surface area contributed by atoms with Crippen LogP contribution in [0, 0.1) is 20.8 Å². The maximum Gasteiger partial charge on any atom is 0.240 e. The number of nitrogens with one attached hydrogen (secondary N) is 2. The van der Waals surface area contributed by atoms with Gasteiger partial charge in [-0.2, -0.15) is 0 Å². The molecule has 0 bridgehead atoms. The molecule has 4 rings (SSSR count). The predicted octanol–water partition coefficient (Wildman–Crippen LogP) is 3.60. The number of nitrogens with zero attached hydrogens (tertiary/aromatic N) is 3. The molecule has 27 heavy (non-hydrogen) atoms. The number of aryl methyl sites for hydroxylation is 2. The van der Waals surface area contributed by atoms with Crippen molar-refractivity contribution >= 4 is 23.4 Å². The van der Waals surface area contributed by atoms with Crippen LogP contribution >= 0.6 is 11.8 Å². The fourth-order valence-corrected chi connectivity index (χ4v) is 4.29. The van der Waals surface area contributed by atoms with Crippen molar-refractivity contribution in [3.05, 3.63) is 71.0 Å². The van der Waals surface area contributed by atoms with Gasteiger partial charge in [-0.1, -0.05) is 54.2 Å². The number of fused-ring (bicyclic) bond motifs is 1. The molecule has 0 saturated heterocycles. The van der Waals surface area contributed by atoms with Gasteiger partial charge in [-0.25, -0.2) is 4.68 Å². The molecule has 138 valence electrons. The van der Waals surface area contributed by atoms with E-state index in [1.807, 2.05) is 74.0 Å². The minimum Gasteiger partial charge on any atom is -0.325 e. The number of carbonyl (C=O) groups excluding carboxylic acids is 1. The molecular weight excluding hydrogens is 358 g/mol. The normalized spacial score (nSPS) is 18.5. The van der Waals surface area contributed by atoms with Crippen LogP contribution in [0.4, 0.5) is 5.69 Å². The third-order valence-corrected chi connectivity index (χ3v) is 6.09. The number of anilines is 1. The van der Waals surface area contributed by atoms with Crippen LogP contribution in [0.25, 0.3) is 0 Å². The van der Waals surface area contributed by atoms with E-state index in [2.05, 4.69) is 20.9 Å². The van der Waals surface area contributed by atoms with Gasteiger partial charge in [-0.3, -0.25) is 4.79 Å². The molecule has 1 aliphatic rings. The zero-order chi connectivity index (χ0) is 19.0. The molecule has 1 aromatic heterocycles. The number of hydrogen-bond donors (Lipinski definition) is 2. The highest BCUT2D eigenvalue weighted by Gasteiger charge is 2.37. The summed E-state index contributed by atoms with van der Waals surface area (Å²) in [7, 11) is 0. The Balaban J connectivity index is 1.67. The number of aromatic nitrogens is 3.